The summed E-state index contributed by atoms with van der Waals surface area (Å²) in [5.41, 5.74) is 14.8. The number of nitrogens with one attached hydrogen (secondary N) is 3. The predicted octanol–water partition coefficient (Wildman–Crippen LogP) is 4.03. The average Bonchev–Trinajstić information content (AvgIpc) is 3.41. The first-order valence-corrected chi connectivity index (χ1v) is 10.2. The van der Waals surface area contributed by atoms with E-state index in [-0.39, 0.29) is 0 Å². The van der Waals surface area contributed by atoms with Gasteiger partial charge in [0.1, 0.15) is 5.56 Å². The number of H-pyrrole nitrogens is 2. The molecular weight excluding hydrogens is 388 g/mol. The third-order valence-electron chi connectivity index (χ3n) is 5.68. The Hall–Kier alpha value is -3.87. The van der Waals surface area contributed by atoms with Crippen LogP contribution in [0.25, 0.3) is 11.3 Å². The fourth-order valence-corrected chi connectivity index (χ4v) is 3.74. The molecule has 0 aliphatic heterocycles. The number of carbonyl (C=O) groups is 1. The van der Waals surface area contributed by atoms with Crippen LogP contribution in [0.15, 0.2) is 48.7 Å². The van der Waals surface area contributed by atoms with Crippen LogP contribution in [-0.2, 0) is 13.0 Å². The first-order chi connectivity index (χ1) is 14.9. The van der Waals surface area contributed by atoms with E-state index in [1.165, 1.54) is 16.7 Å². The highest BCUT2D eigenvalue weighted by molar-refractivity contribution is 5.99. The number of primary amides is 1. The van der Waals surface area contributed by atoms with Crippen molar-refractivity contribution in [2.45, 2.75) is 33.7 Å². The lowest BCUT2D eigenvalue weighted by Gasteiger charge is -2.10. The smallest absolute Gasteiger partial charge is 0.254 e. The second-order valence-corrected chi connectivity index (χ2v) is 7.84. The number of benzene rings is 2. The summed E-state index contributed by atoms with van der Waals surface area (Å²) in [5.74, 6) is -0.0240. The number of carbonyl (C=O) groups excluding carboxylic acids is 1. The Bertz CT molecular complexity index is 1180. The molecule has 0 aliphatic rings. The van der Waals surface area contributed by atoms with Crippen LogP contribution in [0.3, 0.4) is 0 Å². The number of nitrogens with two attached hydrogens (primary N) is 1. The molecule has 7 nitrogen and oxygen atoms in total. The maximum Gasteiger partial charge on any atom is 0.254 e. The van der Waals surface area contributed by atoms with Crippen LogP contribution in [0.1, 0.15) is 43.9 Å². The Kier molecular flexibility index (Phi) is 5.58. The minimum absolute atomic E-state index is 0.401. The van der Waals surface area contributed by atoms with Crippen molar-refractivity contribution in [3.63, 3.8) is 0 Å². The average molecular weight is 415 g/mol. The predicted molar refractivity (Wildman–Crippen MR) is 122 cm³/mol. The number of hydrogen-bond acceptors (Lipinski definition) is 4. The van der Waals surface area contributed by atoms with Crippen molar-refractivity contribution in [2.24, 2.45) is 5.73 Å². The van der Waals surface area contributed by atoms with Gasteiger partial charge in [0.05, 0.1) is 11.4 Å². The van der Waals surface area contributed by atoms with E-state index in [4.69, 9.17) is 5.73 Å². The van der Waals surface area contributed by atoms with Crippen molar-refractivity contribution >= 4 is 11.7 Å². The molecule has 1 amide bonds. The molecule has 0 radical (unpaired) electrons. The zero-order valence-electron chi connectivity index (χ0n) is 17.9. The number of aromatic amines is 2. The van der Waals surface area contributed by atoms with Gasteiger partial charge >= 0.3 is 0 Å². The van der Waals surface area contributed by atoms with E-state index in [2.05, 4.69) is 58.6 Å². The van der Waals surface area contributed by atoms with E-state index in [0.29, 0.717) is 30.0 Å². The summed E-state index contributed by atoms with van der Waals surface area (Å²) < 4.78 is 0. The lowest BCUT2D eigenvalue weighted by Crippen LogP contribution is -2.15. The zero-order chi connectivity index (χ0) is 22.0. The number of amides is 1. The Morgan fingerprint density at radius 1 is 1.00 bits per heavy atom. The second kappa shape index (κ2) is 8.47. The summed E-state index contributed by atoms with van der Waals surface area (Å²) in [7, 11) is 0. The third kappa shape index (κ3) is 4.35. The molecule has 0 saturated carbocycles. The lowest BCUT2D eigenvalue weighted by molar-refractivity contribution is 0.100. The van der Waals surface area contributed by atoms with E-state index in [9.17, 15) is 4.79 Å². The largest absolute Gasteiger partial charge is 0.365 e. The van der Waals surface area contributed by atoms with Crippen LogP contribution in [-0.4, -0.2) is 26.3 Å². The van der Waals surface area contributed by atoms with Crippen LogP contribution in [0.5, 0.6) is 0 Å². The van der Waals surface area contributed by atoms with E-state index < -0.39 is 5.91 Å². The van der Waals surface area contributed by atoms with Crippen molar-refractivity contribution in [3.05, 3.63) is 87.7 Å². The summed E-state index contributed by atoms with van der Waals surface area (Å²) in [6.45, 7) is 6.88. The molecule has 0 bridgehead atoms. The Balaban J connectivity index is 1.51. The third-order valence-corrected chi connectivity index (χ3v) is 5.68. The fourth-order valence-electron chi connectivity index (χ4n) is 3.74. The Labute approximate surface area is 181 Å². The highest BCUT2D eigenvalue weighted by atomic mass is 16.1. The Morgan fingerprint density at radius 3 is 2.32 bits per heavy atom. The summed E-state index contributed by atoms with van der Waals surface area (Å²) in [5, 5.41) is 17.5. The molecule has 5 N–H and O–H groups in total. The van der Waals surface area contributed by atoms with Gasteiger partial charge in [-0.3, -0.25) is 15.0 Å². The van der Waals surface area contributed by atoms with Gasteiger partial charge in [-0.1, -0.05) is 36.4 Å². The monoisotopic (exact) mass is 414 g/mol. The summed E-state index contributed by atoms with van der Waals surface area (Å²) in [6, 6.07) is 14.3. The molecule has 4 aromatic rings. The molecule has 2 aromatic carbocycles. The molecule has 0 spiro atoms. The fraction of sp³-hybridized carbons (Fsp3) is 0.208. The van der Waals surface area contributed by atoms with Crippen molar-refractivity contribution in [1.82, 2.24) is 20.4 Å². The van der Waals surface area contributed by atoms with Crippen LogP contribution in [0, 0.1) is 20.8 Å². The number of rotatable bonds is 7. The van der Waals surface area contributed by atoms with E-state index >= 15 is 0 Å². The summed E-state index contributed by atoms with van der Waals surface area (Å²) in [6.07, 6.45) is 2.25. The normalized spacial score (nSPS) is 10.9. The van der Waals surface area contributed by atoms with Gasteiger partial charge in [0.25, 0.3) is 5.91 Å². The maximum absolute atomic E-state index is 12.2. The molecule has 158 valence electrons. The van der Waals surface area contributed by atoms with Crippen molar-refractivity contribution < 1.29 is 4.79 Å². The van der Waals surface area contributed by atoms with Gasteiger partial charge in [0.2, 0.25) is 0 Å². The number of aryl methyl sites for hydroxylation is 2. The minimum atomic E-state index is -0.503. The highest BCUT2D eigenvalue weighted by Crippen LogP contribution is 2.23. The molecule has 0 aliphatic carbocycles. The number of anilines is 1. The molecule has 2 heterocycles. The molecule has 0 fully saturated rings. The maximum atomic E-state index is 12.2. The molecule has 0 saturated heterocycles. The van der Waals surface area contributed by atoms with Gasteiger partial charge in [-0.2, -0.15) is 10.2 Å². The van der Waals surface area contributed by atoms with E-state index in [1.54, 1.807) is 6.20 Å². The quantitative estimate of drug-likeness (QED) is 0.366. The van der Waals surface area contributed by atoms with E-state index in [1.807, 2.05) is 30.3 Å². The number of aromatic nitrogens is 4. The zero-order valence-corrected chi connectivity index (χ0v) is 17.9. The van der Waals surface area contributed by atoms with Gasteiger partial charge in [-0.15, -0.1) is 0 Å². The molecule has 2 aromatic heterocycles. The number of hydrogen-bond donors (Lipinski definition) is 4. The standard InChI is InChI=1S/C24H26N6O/c1-14-10-18(11-15(2)16(14)3)13-26-24-22(23(25)31)21(29-30-24)12-17-4-6-19(7-5-17)20-8-9-27-28-20/h4-11H,12-13H2,1-3H3,(H2,25,31)(H,27,28)(H2,26,29,30). The van der Waals surface area contributed by atoms with Gasteiger partial charge in [0, 0.05) is 19.2 Å². The second-order valence-electron chi connectivity index (χ2n) is 7.84. The van der Waals surface area contributed by atoms with Crippen molar-refractivity contribution in [2.75, 3.05) is 5.32 Å². The van der Waals surface area contributed by atoms with Crippen LogP contribution < -0.4 is 11.1 Å². The van der Waals surface area contributed by atoms with Gasteiger partial charge in [-0.05, 0) is 60.2 Å². The summed E-state index contributed by atoms with van der Waals surface area (Å²) >= 11 is 0. The van der Waals surface area contributed by atoms with Crippen LogP contribution >= 0.6 is 0 Å². The van der Waals surface area contributed by atoms with Crippen molar-refractivity contribution in [3.8, 4) is 11.3 Å². The molecule has 0 atom stereocenters. The molecule has 4 rings (SSSR count). The van der Waals surface area contributed by atoms with Crippen LogP contribution in [0.4, 0.5) is 5.82 Å². The van der Waals surface area contributed by atoms with Crippen LogP contribution in [0.2, 0.25) is 0 Å². The first kappa shape index (κ1) is 20.4. The summed E-state index contributed by atoms with van der Waals surface area (Å²) in [4.78, 5) is 12.2. The van der Waals surface area contributed by atoms with Gasteiger partial charge in [0.15, 0.2) is 5.82 Å². The van der Waals surface area contributed by atoms with Gasteiger partial charge in [-0.25, -0.2) is 0 Å². The topological polar surface area (TPSA) is 112 Å². The van der Waals surface area contributed by atoms with E-state index in [0.717, 1.165) is 22.4 Å². The first-order valence-electron chi connectivity index (χ1n) is 10.2. The number of nitrogens with zero attached hydrogens (tertiary/aromatic N) is 2. The van der Waals surface area contributed by atoms with Gasteiger partial charge < -0.3 is 11.1 Å². The Morgan fingerprint density at radius 2 is 1.71 bits per heavy atom. The molecule has 31 heavy (non-hydrogen) atoms. The minimum Gasteiger partial charge on any atom is -0.365 e. The lowest BCUT2D eigenvalue weighted by atomic mass is 10.0. The SMILES string of the molecule is Cc1cc(CNc2n[nH]c(Cc3ccc(-c4ccn[nH]4)cc3)c2C(N)=O)cc(C)c1C. The molecule has 7 heteroatoms. The molecular formula is C24H26N6O. The van der Waals surface area contributed by atoms with Crippen molar-refractivity contribution in [1.29, 1.82) is 0 Å². The molecule has 0 unspecified atom stereocenters. The highest BCUT2D eigenvalue weighted by Gasteiger charge is 2.18.